The van der Waals surface area contributed by atoms with Gasteiger partial charge in [0.1, 0.15) is 0 Å². The number of nitrogens with one attached hydrogen (secondary N) is 1. The summed E-state index contributed by atoms with van der Waals surface area (Å²) >= 11 is 0. The predicted octanol–water partition coefficient (Wildman–Crippen LogP) is 2.83. The van der Waals surface area contributed by atoms with E-state index < -0.39 is 0 Å². The third-order valence-electron chi connectivity index (χ3n) is 2.08. The Hall–Kier alpha value is -0.0800. The van der Waals surface area contributed by atoms with Crippen LogP contribution in [0.2, 0.25) is 0 Å². The molecular formula is C12H27NO. The van der Waals surface area contributed by atoms with Gasteiger partial charge in [-0.1, -0.05) is 40.0 Å². The van der Waals surface area contributed by atoms with Crippen molar-refractivity contribution in [3.8, 4) is 0 Å². The molecule has 0 fully saturated rings. The summed E-state index contributed by atoms with van der Waals surface area (Å²) in [6.45, 7) is 10.5. The van der Waals surface area contributed by atoms with E-state index in [4.69, 9.17) is 4.74 Å². The molecule has 0 unspecified atom stereocenters. The topological polar surface area (TPSA) is 21.3 Å². The van der Waals surface area contributed by atoms with Crippen molar-refractivity contribution in [1.29, 1.82) is 0 Å². The van der Waals surface area contributed by atoms with E-state index in [0.29, 0.717) is 5.92 Å². The minimum absolute atomic E-state index is 0.652. The molecular weight excluding hydrogens is 174 g/mol. The summed E-state index contributed by atoms with van der Waals surface area (Å²) in [7, 11) is 0. The molecule has 0 rings (SSSR count). The lowest BCUT2D eigenvalue weighted by atomic mass is 10.2. The molecule has 0 aliphatic heterocycles. The van der Waals surface area contributed by atoms with E-state index in [-0.39, 0.29) is 0 Å². The number of ether oxygens (including phenoxy) is 1. The van der Waals surface area contributed by atoms with Gasteiger partial charge in [-0.3, -0.25) is 0 Å². The number of unbranched alkanes of at least 4 members (excludes halogenated alkanes) is 3. The lowest BCUT2D eigenvalue weighted by Crippen LogP contribution is -2.21. The van der Waals surface area contributed by atoms with Crippen molar-refractivity contribution in [3.63, 3.8) is 0 Å². The normalized spacial score (nSPS) is 11.1. The van der Waals surface area contributed by atoms with Gasteiger partial charge in [-0.05, 0) is 18.9 Å². The zero-order valence-corrected chi connectivity index (χ0v) is 10.1. The molecule has 0 amide bonds. The van der Waals surface area contributed by atoms with Crippen LogP contribution in [-0.4, -0.2) is 26.3 Å². The van der Waals surface area contributed by atoms with Crippen LogP contribution in [0.3, 0.4) is 0 Å². The molecule has 0 aromatic heterocycles. The quantitative estimate of drug-likeness (QED) is 0.549. The molecule has 0 heterocycles. The molecule has 14 heavy (non-hydrogen) atoms. The Morgan fingerprint density at radius 2 is 1.86 bits per heavy atom. The van der Waals surface area contributed by atoms with Crippen molar-refractivity contribution in [2.45, 2.75) is 46.5 Å². The van der Waals surface area contributed by atoms with Crippen LogP contribution in [0.1, 0.15) is 46.5 Å². The highest BCUT2D eigenvalue weighted by Gasteiger charge is 1.93. The van der Waals surface area contributed by atoms with E-state index >= 15 is 0 Å². The molecule has 0 saturated heterocycles. The van der Waals surface area contributed by atoms with Crippen molar-refractivity contribution < 1.29 is 4.74 Å². The van der Waals surface area contributed by atoms with E-state index in [9.17, 15) is 0 Å². The zero-order chi connectivity index (χ0) is 10.6. The van der Waals surface area contributed by atoms with E-state index in [1.807, 2.05) is 0 Å². The summed E-state index contributed by atoms with van der Waals surface area (Å²) in [4.78, 5) is 0. The summed E-state index contributed by atoms with van der Waals surface area (Å²) in [6.07, 6.45) is 5.34. The average molecular weight is 201 g/mol. The van der Waals surface area contributed by atoms with Crippen LogP contribution in [-0.2, 0) is 4.74 Å². The molecule has 0 aliphatic carbocycles. The molecule has 0 atom stereocenters. The van der Waals surface area contributed by atoms with Crippen LogP contribution in [0.5, 0.6) is 0 Å². The summed E-state index contributed by atoms with van der Waals surface area (Å²) in [5.41, 5.74) is 0. The first kappa shape index (κ1) is 13.9. The van der Waals surface area contributed by atoms with Gasteiger partial charge in [-0.25, -0.2) is 0 Å². The van der Waals surface area contributed by atoms with Gasteiger partial charge in [0.15, 0.2) is 0 Å². The number of hydrogen-bond donors (Lipinski definition) is 1. The average Bonchev–Trinajstić information content (AvgIpc) is 2.15. The summed E-state index contributed by atoms with van der Waals surface area (Å²) in [6, 6.07) is 0. The van der Waals surface area contributed by atoms with E-state index in [1.165, 1.54) is 25.7 Å². The second kappa shape index (κ2) is 11.0. The minimum Gasteiger partial charge on any atom is -0.380 e. The Balaban J connectivity index is 2.85. The predicted molar refractivity (Wildman–Crippen MR) is 62.7 cm³/mol. The Labute approximate surface area is 89.4 Å². The summed E-state index contributed by atoms with van der Waals surface area (Å²) in [5.74, 6) is 0.652. The molecule has 1 N–H and O–H groups in total. The molecule has 86 valence electrons. The Kier molecular flexibility index (Phi) is 10.9. The zero-order valence-electron chi connectivity index (χ0n) is 10.1. The van der Waals surface area contributed by atoms with E-state index in [2.05, 4.69) is 26.1 Å². The van der Waals surface area contributed by atoms with Gasteiger partial charge >= 0.3 is 0 Å². The highest BCUT2D eigenvalue weighted by Crippen LogP contribution is 1.96. The van der Waals surface area contributed by atoms with Crippen LogP contribution in [0, 0.1) is 5.92 Å². The van der Waals surface area contributed by atoms with Crippen molar-refractivity contribution in [3.05, 3.63) is 0 Å². The Morgan fingerprint density at radius 1 is 1.07 bits per heavy atom. The van der Waals surface area contributed by atoms with Crippen LogP contribution in [0.4, 0.5) is 0 Å². The maximum atomic E-state index is 5.46. The van der Waals surface area contributed by atoms with Gasteiger partial charge in [0.2, 0.25) is 0 Å². The molecule has 0 aliphatic rings. The van der Waals surface area contributed by atoms with Crippen molar-refractivity contribution in [2.75, 3.05) is 26.3 Å². The van der Waals surface area contributed by atoms with E-state index in [0.717, 1.165) is 26.3 Å². The second-order valence-corrected chi connectivity index (χ2v) is 4.28. The molecule has 0 saturated carbocycles. The van der Waals surface area contributed by atoms with Crippen LogP contribution in [0.15, 0.2) is 0 Å². The molecule has 0 aromatic carbocycles. The highest BCUT2D eigenvalue weighted by molar-refractivity contribution is 4.48. The highest BCUT2D eigenvalue weighted by atomic mass is 16.5. The number of rotatable bonds is 10. The second-order valence-electron chi connectivity index (χ2n) is 4.28. The smallest absolute Gasteiger partial charge is 0.0591 e. The largest absolute Gasteiger partial charge is 0.380 e. The lowest BCUT2D eigenvalue weighted by molar-refractivity contribution is 0.112. The van der Waals surface area contributed by atoms with E-state index in [1.54, 1.807) is 0 Å². The minimum atomic E-state index is 0.652. The fourth-order valence-electron chi connectivity index (χ4n) is 1.27. The number of hydrogen-bond acceptors (Lipinski definition) is 2. The van der Waals surface area contributed by atoms with Gasteiger partial charge in [0, 0.05) is 13.2 Å². The molecule has 0 aromatic rings. The standard InChI is InChI=1S/C12H27NO/c1-4-5-6-7-8-13-9-10-14-11-12(2)3/h12-13H,4-11H2,1-3H3. The van der Waals surface area contributed by atoms with Gasteiger partial charge in [-0.15, -0.1) is 0 Å². The van der Waals surface area contributed by atoms with Crippen molar-refractivity contribution in [2.24, 2.45) is 5.92 Å². The van der Waals surface area contributed by atoms with Gasteiger partial charge in [0.25, 0.3) is 0 Å². The third kappa shape index (κ3) is 11.9. The first-order chi connectivity index (χ1) is 6.77. The first-order valence-electron chi connectivity index (χ1n) is 6.05. The maximum Gasteiger partial charge on any atom is 0.0591 e. The van der Waals surface area contributed by atoms with Gasteiger partial charge < -0.3 is 10.1 Å². The molecule has 0 bridgehead atoms. The third-order valence-corrected chi connectivity index (χ3v) is 2.08. The molecule has 0 spiro atoms. The van der Waals surface area contributed by atoms with Crippen LogP contribution >= 0.6 is 0 Å². The molecule has 0 radical (unpaired) electrons. The fraction of sp³-hybridized carbons (Fsp3) is 1.00. The summed E-state index contributed by atoms with van der Waals surface area (Å²) in [5, 5.41) is 3.39. The first-order valence-corrected chi connectivity index (χ1v) is 6.05. The maximum absolute atomic E-state index is 5.46. The molecule has 2 nitrogen and oxygen atoms in total. The van der Waals surface area contributed by atoms with Crippen molar-refractivity contribution in [1.82, 2.24) is 5.32 Å². The Bertz CT molecular complexity index is 104. The molecule has 2 heteroatoms. The monoisotopic (exact) mass is 201 g/mol. The van der Waals surface area contributed by atoms with Crippen LogP contribution in [0.25, 0.3) is 0 Å². The van der Waals surface area contributed by atoms with Gasteiger partial charge in [0.05, 0.1) is 6.61 Å². The fourth-order valence-corrected chi connectivity index (χ4v) is 1.27. The van der Waals surface area contributed by atoms with Crippen molar-refractivity contribution >= 4 is 0 Å². The lowest BCUT2D eigenvalue weighted by Gasteiger charge is -2.07. The Morgan fingerprint density at radius 3 is 2.50 bits per heavy atom. The SMILES string of the molecule is CCCCCCNCCOCC(C)C. The van der Waals surface area contributed by atoms with Crippen LogP contribution < -0.4 is 5.32 Å². The summed E-state index contributed by atoms with van der Waals surface area (Å²) < 4.78 is 5.46. The van der Waals surface area contributed by atoms with Gasteiger partial charge in [-0.2, -0.15) is 0 Å².